The Labute approximate surface area is 130 Å². The summed E-state index contributed by atoms with van der Waals surface area (Å²) in [5.74, 6) is 0. The summed E-state index contributed by atoms with van der Waals surface area (Å²) in [5.41, 5.74) is 0.786. The van der Waals surface area contributed by atoms with Crippen LogP contribution in [0.2, 0.25) is 0 Å². The largest absolute Gasteiger partial charge is 0.444 e. The first-order chi connectivity index (χ1) is 10.1. The number of hydrogen-bond donors (Lipinski definition) is 1. The van der Waals surface area contributed by atoms with E-state index < -0.39 is 6.09 Å². The highest BCUT2D eigenvalue weighted by Crippen LogP contribution is 2.09. The van der Waals surface area contributed by atoms with Gasteiger partial charge in [0.15, 0.2) is 0 Å². The summed E-state index contributed by atoms with van der Waals surface area (Å²) in [6, 6.07) is 9.33. The van der Waals surface area contributed by atoms with Gasteiger partial charge in [-0.1, -0.05) is 30.3 Å². The van der Waals surface area contributed by atoms with Crippen LogP contribution in [-0.2, 0) is 17.9 Å². The van der Waals surface area contributed by atoms with Gasteiger partial charge in [-0.3, -0.25) is 10.1 Å². The number of aryl methyl sites for hydroxylation is 1. The summed E-state index contributed by atoms with van der Waals surface area (Å²) in [5, 5.41) is 2.47. The maximum Gasteiger partial charge on any atom is 0.412 e. The van der Waals surface area contributed by atoms with E-state index in [1.54, 1.807) is 17.0 Å². The molecule has 0 aliphatic rings. The molecule has 0 unspecified atom stereocenters. The molecule has 0 aliphatic heterocycles. The summed E-state index contributed by atoms with van der Waals surface area (Å²) in [6.45, 7) is 2.78. The summed E-state index contributed by atoms with van der Waals surface area (Å²) < 4.78 is 7.27. The van der Waals surface area contributed by atoms with Crippen LogP contribution in [0, 0.1) is 0 Å². The van der Waals surface area contributed by atoms with Crippen LogP contribution in [-0.4, -0.2) is 10.7 Å². The fraction of sp³-hybridized carbons (Fsp3) is 0.200. The SMILES string of the molecule is CCn1cc(Br)c(=O)c(NC(=O)OCc2ccccc2)c1. The molecule has 2 rings (SSSR count). The summed E-state index contributed by atoms with van der Waals surface area (Å²) in [7, 11) is 0. The van der Waals surface area contributed by atoms with E-state index in [1.807, 2.05) is 37.3 Å². The fourth-order valence-corrected chi connectivity index (χ4v) is 2.21. The number of benzene rings is 1. The van der Waals surface area contributed by atoms with E-state index in [2.05, 4.69) is 21.2 Å². The number of nitrogens with zero attached hydrogens (tertiary/aromatic N) is 1. The second kappa shape index (κ2) is 7.08. The lowest BCUT2D eigenvalue weighted by molar-refractivity contribution is 0.155. The van der Waals surface area contributed by atoms with E-state index in [9.17, 15) is 9.59 Å². The van der Waals surface area contributed by atoms with Crippen LogP contribution in [0.25, 0.3) is 0 Å². The summed E-state index contributed by atoms with van der Waals surface area (Å²) in [6.07, 6.45) is 2.59. The van der Waals surface area contributed by atoms with Gasteiger partial charge in [-0.15, -0.1) is 0 Å². The molecular formula is C15H15BrN2O3. The second-order valence-corrected chi connectivity index (χ2v) is 5.22. The van der Waals surface area contributed by atoms with Gasteiger partial charge in [0.25, 0.3) is 0 Å². The number of amides is 1. The molecule has 0 saturated heterocycles. The Morgan fingerprint density at radius 2 is 2.00 bits per heavy atom. The lowest BCUT2D eigenvalue weighted by atomic mass is 10.2. The number of pyridine rings is 1. The van der Waals surface area contributed by atoms with E-state index in [0.717, 1.165) is 5.56 Å². The van der Waals surface area contributed by atoms with Gasteiger partial charge >= 0.3 is 6.09 Å². The number of rotatable bonds is 4. The Kier molecular flexibility index (Phi) is 5.16. The Hall–Kier alpha value is -2.08. The number of hydrogen-bond acceptors (Lipinski definition) is 3. The molecule has 1 heterocycles. The Balaban J connectivity index is 2.03. The third-order valence-electron chi connectivity index (χ3n) is 2.85. The fourth-order valence-electron chi connectivity index (χ4n) is 1.74. The first-order valence-electron chi connectivity index (χ1n) is 6.47. The van der Waals surface area contributed by atoms with E-state index in [1.165, 1.54) is 0 Å². The smallest absolute Gasteiger partial charge is 0.412 e. The van der Waals surface area contributed by atoms with Crippen molar-refractivity contribution in [3.63, 3.8) is 0 Å². The van der Waals surface area contributed by atoms with Gasteiger partial charge in [0, 0.05) is 18.9 Å². The molecule has 21 heavy (non-hydrogen) atoms. The minimum atomic E-state index is -0.656. The first kappa shape index (κ1) is 15.3. The van der Waals surface area contributed by atoms with E-state index >= 15 is 0 Å². The number of aromatic nitrogens is 1. The molecule has 1 aromatic heterocycles. The number of anilines is 1. The van der Waals surface area contributed by atoms with Gasteiger partial charge in [-0.25, -0.2) is 4.79 Å². The predicted molar refractivity (Wildman–Crippen MR) is 84.3 cm³/mol. The van der Waals surface area contributed by atoms with Gasteiger partial charge in [0.05, 0.1) is 4.47 Å². The van der Waals surface area contributed by atoms with Crippen molar-refractivity contribution >= 4 is 27.7 Å². The van der Waals surface area contributed by atoms with Gasteiger partial charge in [-0.2, -0.15) is 0 Å². The molecule has 0 saturated carbocycles. The zero-order valence-electron chi connectivity index (χ0n) is 11.5. The molecule has 0 fully saturated rings. The minimum Gasteiger partial charge on any atom is -0.444 e. The van der Waals surface area contributed by atoms with Crippen LogP contribution in [0.15, 0.2) is 52.0 Å². The van der Waals surface area contributed by atoms with E-state index in [-0.39, 0.29) is 17.7 Å². The van der Waals surface area contributed by atoms with Gasteiger partial charge in [0.2, 0.25) is 5.43 Å². The molecule has 110 valence electrons. The number of ether oxygens (including phenoxy) is 1. The predicted octanol–water partition coefficient (Wildman–Crippen LogP) is 3.38. The van der Waals surface area contributed by atoms with Crippen LogP contribution in [0.5, 0.6) is 0 Å². The normalized spacial score (nSPS) is 10.2. The van der Waals surface area contributed by atoms with Crippen molar-refractivity contribution < 1.29 is 9.53 Å². The monoisotopic (exact) mass is 350 g/mol. The quantitative estimate of drug-likeness (QED) is 0.919. The highest BCUT2D eigenvalue weighted by molar-refractivity contribution is 9.10. The second-order valence-electron chi connectivity index (χ2n) is 4.37. The van der Waals surface area contributed by atoms with Crippen LogP contribution in [0.4, 0.5) is 10.5 Å². The highest BCUT2D eigenvalue weighted by atomic mass is 79.9. The van der Waals surface area contributed by atoms with Gasteiger partial charge < -0.3 is 9.30 Å². The van der Waals surface area contributed by atoms with Crippen LogP contribution in [0.1, 0.15) is 12.5 Å². The topological polar surface area (TPSA) is 60.3 Å². The van der Waals surface area contributed by atoms with Crippen molar-refractivity contribution in [2.45, 2.75) is 20.1 Å². The lowest BCUT2D eigenvalue weighted by Gasteiger charge is -2.09. The zero-order chi connectivity index (χ0) is 15.2. The van der Waals surface area contributed by atoms with Gasteiger partial charge in [0.1, 0.15) is 12.3 Å². The molecule has 1 N–H and O–H groups in total. The summed E-state index contributed by atoms with van der Waals surface area (Å²) in [4.78, 5) is 23.7. The van der Waals surface area contributed by atoms with Crippen molar-refractivity contribution in [1.82, 2.24) is 4.57 Å². The first-order valence-corrected chi connectivity index (χ1v) is 7.26. The third kappa shape index (κ3) is 4.19. The van der Waals surface area contributed by atoms with Crippen molar-refractivity contribution in [1.29, 1.82) is 0 Å². The maximum atomic E-state index is 11.9. The van der Waals surface area contributed by atoms with Gasteiger partial charge in [-0.05, 0) is 28.4 Å². The van der Waals surface area contributed by atoms with E-state index in [4.69, 9.17) is 4.74 Å². The molecule has 0 atom stereocenters. The van der Waals surface area contributed by atoms with Crippen molar-refractivity contribution in [2.24, 2.45) is 0 Å². The molecule has 6 heteroatoms. The van der Waals surface area contributed by atoms with E-state index in [0.29, 0.717) is 11.0 Å². The lowest BCUT2D eigenvalue weighted by Crippen LogP contribution is -2.21. The summed E-state index contributed by atoms with van der Waals surface area (Å²) >= 11 is 3.18. The Bertz CT molecular complexity index is 683. The van der Waals surface area contributed by atoms with Crippen molar-refractivity contribution in [2.75, 3.05) is 5.32 Å². The molecule has 1 aromatic carbocycles. The molecule has 0 bridgehead atoms. The molecule has 0 spiro atoms. The minimum absolute atomic E-state index is 0.155. The number of carbonyl (C=O) groups is 1. The van der Waals surface area contributed by atoms with Crippen molar-refractivity contribution in [3.05, 3.63) is 63.0 Å². The Morgan fingerprint density at radius 1 is 1.29 bits per heavy atom. The zero-order valence-corrected chi connectivity index (χ0v) is 13.1. The average molecular weight is 351 g/mol. The number of carbonyl (C=O) groups excluding carboxylic acids is 1. The molecule has 1 amide bonds. The van der Waals surface area contributed by atoms with Crippen LogP contribution < -0.4 is 10.7 Å². The molecule has 0 radical (unpaired) electrons. The Morgan fingerprint density at radius 3 is 2.67 bits per heavy atom. The molecule has 2 aromatic rings. The van der Waals surface area contributed by atoms with Crippen LogP contribution in [0.3, 0.4) is 0 Å². The maximum absolute atomic E-state index is 11.9. The highest BCUT2D eigenvalue weighted by Gasteiger charge is 2.10. The number of halogens is 1. The number of nitrogens with one attached hydrogen (secondary N) is 1. The van der Waals surface area contributed by atoms with Crippen LogP contribution >= 0.6 is 15.9 Å². The molecule has 5 nitrogen and oxygen atoms in total. The third-order valence-corrected chi connectivity index (χ3v) is 3.42. The van der Waals surface area contributed by atoms with Crippen molar-refractivity contribution in [3.8, 4) is 0 Å². The average Bonchev–Trinajstić information content (AvgIpc) is 2.50. The standard InChI is InChI=1S/C15H15BrN2O3/c1-2-18-8-12(16)14(19)13(9-18)17-15(20)21-10-11-6-4-3-5-7-11/h3-9H,2,10H2,1H3,(H,17,20). The molecule has 0 aliphatic carbocycles. The molecular weight excluding hydrogens is 336 g/mol.